The summed E-state index contributed by atoms with van der Waals surface area (Å²) >= 11 is 0.655. The Morgan fingerprint density at radius 3 is 2.45 bits per heavy atom. The van der Waals surface area contributed by atoms with Crippen LogP contribution in [0.4, 0.5) is 9.18 Å². The first kappa shape index (κ1) is 24.3. The zero-order chi connectivity index (χ0) is 24.2. The molecule has 0 saturated carbocycles. The molecule has 1 aliphatic rings. The van der Waals surface area contributed by atoms with Crippen LogP contribution in [-0.4, -0.2) is 50.7 Å². The predicted molar refractivity (Wildman–Crippen MR) is 117 cm³/mol. The molecule has 0 radical (unpaired) electrons. The van der Waals surface area contributed by atoms with E-state index in [-0.39, 0.29) is 27.9 Å². The van der Waals surface area contributed by atoms with Gasteiger partial charge >= 0.3 is 16.1 Å². The van der Waals surface area contributed by atoms with Crippen molar-refractivity contribution in [3.8, 4) is 11.5 Å². The zero-order valence-corrected chi connectivity index (χ0v) is 19.1. The fraction of sp³-hybridized carbons (Fsp3) is 0.190. The van der Waals surface area contributed by atoms with Crippen LogP contribution in [0, 0.1) is 5.82 Å². The van der Waals surface area contributed by atoms with Crippen molar-refractivity contribution in [2.24, 2.45) is 0 Å². The third-order valence-corrected chi connectivity index (χ3v) is 6.41. The highest BCUT2D eigenvalue weighted by Crippen LogP contribution is 2.35. The number of rotatable bonds is 8. The van der Waals surface area contributed by atoms with Gasteiger partial charge in [-0.15, -0.1) is 0 Å². The van der Waals surface area contributed by atoms with E-state index in [1.54, 1.807) is 6.92 Å². The summed E-state index contributed by atoms with van der Waals surface area (Å²) in [6.07, 6.45) is 1.40. The van der Waals surface area contributed by atoms with Crippen molar-refractivity contribution in [2.45, 2.75) is 11.8 Å². The van der Waals surface area contributed by atoms with Gasteiger partial charge in [-0.1, -0.05) is 6.07 Å². The lowest BCUT2D eigenvalue weighted by Crippen LogP contribution is -2.34. The predicted octanol–water partition coefficient (Wildman–Crippen LogP) is 3.20. The fourth-order valence-electron chi connectivity index (χ4n) is 2.73. The van der Waals surface area contributed by atoms with Crippen LogP contribution in [0.1, 0.15) is 12.5 Å². The number of esters is 1. The molecule has 0 aliphatic carbocycles. The minimum Gasteiger partial charge on any atom is -0.493 e. The molecule has 0 bridgehead atoms. The van der Waals surface area contributed by atoms with Gasteiger partial charge in [0.2, 0.25) is 0 Å². The normalized spacial score (nSPS) is 15.1. The van der Waals surface area contributed by atoms with Gasteiger partial charge in [-0.2, -0.15) is 8.42 Å². The molecular formula is C21H18FNO8S2. The van der Waals surface area contributed by atoms with Crippen molar-refractivity contribution in [2.75, 3.05) is 20.3 Å². The number of ether oxygens (including phenoxy) is 2. The van der Waals surface area contributed by atoms with Crippen molar-refractivity contribution < 1.29 is 40.8 Å². The summed E-state index contributed by atoms with van der Waals surface area (Å²) < 4.78 is 53.0. The maximum Gasteiger partial charge on any atom is 0.339 e. The average Bonchev–Trinajstić information content (AvgIpc) is 3.02. The molecule has 1 saturated heterocycles. The standard InChI is InChI=1S/C21H18FNO8S2/c1-3-30-19(24)12-23-20(25)18(32-21(23)26)11-13-4-9-16(17(10-13)29-2)31-33(27,28)15-7-5-14(22)6-8-15/h4-11H,3,12H2,1-2H3/b18-11-. The molecule has 9 nitrogen and oxygen atoms in total. The minimum absolute atomic E-state index is 0.0418. The van der Waals surface area contributed by atoms with Gasteiger partial charge in [0.1, 0.15) is 17.3 Å². The number of nitrogens with zero attached hydrogens (tertiary/aromatic N) is 1. The van der Waals surface area contributed by atoms with Crippen molar-refractivity contribution in [3.63, 3.8) is 0 Å². The second-order valence-electron chi connectivity index (χ2n) is 6.47. The average molecular weight is 496 g/mol. The number of halogens is 1. The maximum absolute atomic E-state index is 13.1. The molecule has 2 amide bonds. The van der Waals surface area contributed by atoms with Gasteiger partial charge in [-0.3, -0.25) is 19.3 Å². The smallest absolute Gasteiger partial charge is 0.339 e. The van der Waals surface area contributed by atoms with Crippen LogP contribution in [0.15, 0.2) is 52.3 Å². The van der Waals surface area contributed by atoms with Crippen LogP contribution < -0.4 is 8.92 Å². The Morgan fingerprint density at radius 2 is 1.82 bits per heavy atom. The van der Waals surface area contributed by atoms with Gasteiger partial charge < -0.3 is 13.7 Å². The van der Waals surface area contributed by atoms with E-state index < -0.39 is 39.6 Å². The highest BCUT2D eigenvalue weighted by Gasteiger charge is 2.36. The molecule has 0 atom stereocenters. The van der Waals surface area contributed by atoms with Crippen molar-refractivity contribution >= 4 is 45.1 Å². The van der Waals surface area contributed by atoms with Gasteiger partial charge in [0.05, 0.1) is 18.6 Å². The summed E-state index contributed by atoms with van der Waals surface area (Å²) in [5, 5.41) is -0.614. The summed E-state index contributed by atoms with van der Waals surface area (Å²) in [7, 11) is -2.96. The Morgan fingerprint density at radius 1 is 1.12 bits per heavy atom. The molecule has 2 aromatic carbocycles. The zero-order valence-electron chi connectivity index (χ0n) is 17.4. The van der Waals surface area contributed by atoms with Crippen LogP contribution in [-0.2, 0) is 24.4 Å². The van der Waals surface area contributed by atoms with E-state index in [1.807, 2.05) is 0 Å². The minimum atomic E-state index is -4.25. The number of thioether (sulfide) groups is 1. The number of carbonyl (C=O) groups is 3. The third kappa shape index (κ3) is 5.71. The van der Waals surface area contributed by atoms with Crippen molar-refractivity contribution in [1.29, 1.82) is 0 Å². The quantitative estimate of drug-likeness (QED) is 0.309. The van der Waals surface area contributed by atoms with Crippen LogP contribution >= 0.6 is 11.8 Å². The maximum atomic E-state index is 13.1. The third-order valence-electron chi connectivity index (χ3n) is 4.25. The number of benzene rings is 2. The van der Waals surface area contributed by atoms with E-state index in [4.69, 9.17) is 13.7 Å². The molecule has 33 heavy (non-hydrogen) atoms. The van der Waals surface area contributed by atoms with Crippen LogP contribution in [0.3, 0.4) is 0 Å². The van der Waals surface area contributed by atoms with E-state index in [0.717, 1.165) is 29.2 Å². The highest BCUT2D eigenvalue weighted by molar-refractivity contribution is 8.18. The van der Waals surface area contributed by atoms with Gasteiger partial charge in [-0.05, 0) is 66.7 Å². The lowest BCUT2D eigenvalue weighted by molar-refractivity contribution is -0.145. The molecule has 174 valence electrons. The monoisotopic (exact) mass is 495 g/mol. The topological polar surface area (TPSA) is 116 Å². The first-order valence-electron chi connectivity index (χ1n) is 9.43. The summed E-state index contributed by atoms with van der Waals surface area (Å²) in [6.45, 7) is 1.24. The molecule has 0 N–H and O–H groups in total. The molecule has 1 heterocycles. The number of carbonyl (C=O) groups excluding carboxylic acids is 3. The van der Waals surface area contributed by atoms with Gasteiger partial charge in [-0.25, -0.2) is 4.39 Å². The van der Waals surface area contributed by atoms with Crippen molar-refractivity contribution in [3.05, 3.63) is 58.8 Å². The van der Waals surface area contributed by atoms with E-state index >= 15 is 0 Å². The number of hydrogen-bond donors (Lipinski definition) is 0. The SMILES string of the molecule is CCOC(=O)CN1C(=O)S/C(=C\c2ccc(OS(=O)(=O)c3ccc(F)cc3)c(OC)c2)C1=O. The largest absolute Gasteiger partial charge is 0.493 e. The molecule has 0 unspecified atom stereocenters. The van der Waals surface area contributed by atoms with E-state index in [2.05, 4.69) is 0 Å². The molecule has 3 rings (SSSR count). The Kier molecular flexibility index (Phi) is 7.39. The molecular weight excluding hydrogens is 477 g/mol. The van der Waals surface area contributed by atoms with Crippen LogP contribution in [0.2, 0.25) is 0 Å². The van der Waals surface area contributed by atoms with Crippen molar-refractivity contribution in [1.82, 2.24) is 4.90 Å². The summed E-state index contributed by atoms with van der Waals surface area (Å²) in [5.41, 5.74) is 0.417. The molecule has 0 aromatic heterocycles. The lowest BCUT2D eigenvalue weighted by atomic mass is 10.2. The van der Waals surface area contributed by atoms with Crippen LogP contribution in [0.25, 0.3) is 6.08 Å². The molecule has 0 spiro atoms. The Balaban J connectivity index is 1.82. The summed E-state index contributed by atoms with van der Waals surface area (Å²) in [4.78, 5) is 36.8. The van der Waals surface area contributed by atoms with Crippen LogP contribution in [0.5, 0.6) is 11.5 Å². The lowest BCUT2D eigenvalue weighted by Gasteiger charge is -2.12. The highest BCUT2D eigenvalue weighted by atomic mass is 32.2. The summed E-state index contributed by atoms with van der Waals surface area (Å²) in [5.74, 6) is -2.04. The molecule has 1 fully saturated rings. The Hall–Kier alpha value is -3.38. The van der Waals surface area contributed by atoms with E-state index in [9.17, 15) is 27.2 Å². The molecule has 12 heteroatoms. The number of hydrogen-bond acceptors (Lipinski definition) is 9. The Bertz CT molecular complexity index is 1230. The number of amides is 2. The molecule has 1 aliphatic heterocycles. The first-order chi connectivity index (χ1) is 15.6. The number of imide groups is 1. The second kappa shape index (κ2) is 10.0. The van der Waals surface area contributed by atoms with E-state index in [1.165, 1.54) is 31.4 Å². The Labute approximate surface area is 193 Å². The van der Waals surface area contributed by atoms with E-state index in [0.29, 0.717) is 17.3 Å². The number of methoxy groups -OCH3 is 1. The first-order valence-corrected chi connectivity index (χ1v) is 11.7. The summed E-state index contributed by atoms with van der Waals surface area (Å²) in [6, 6.07) is 8.30. The second-order valence-corrected chi connectivity index (χ2v) is 9.01. The van der Waals surface area contributed by atoms with Gasteiger partial charge in [0.15, 0.2) is 11.5 Å². The van der Waals surface area contributed by atoms with Gasteiger partial charge in [0, 0.05) is 0 Å². The fourth-order valence-corrected chi connectivity index (χ4v) is 4.51. The molecule has 2 aromatic rings. The van der Waals surface area contributed by atoms with Gasteiger partial charge in [0.25, 0.3) is 11.1 Å².